The van der Waals surface area contributed by atoms with Gasteiger partial charge >= 0.3 is 6.61 Å². The van der Waals surface area contributed by atoms with Crippen molar-refractivity contribution in [2.24, 2.45) is 0 Å². The molecule has 9 nitrogen and oxygen atoms in total. The minimum atomic E-state index is -3.10. The van der Waals surface area contributed by atoms with E-state index >= 15 is 0 Å². The molecule has 1 amide bonds. The molecule has 1 aliphatic heterocycles. The summed E-state index contributed by atoms with van der Waals surface area (Å²) in [7, 11) is -2.69. The first-order valence-corrected chi connectivity index (χ1v) is 12.4. The summed E-state index contributed by atoms with van der Waals surface area (Å²) in [5, 5.41) is 17.8. The molecule has 1 aliphatic rings. The van der Waals surface area contributed by atoms with Crippen LogP contribution in [0.4, 0.5) is 13.2 Å². The number of nitrogens with one attached hydrogen (secondary N) is 1. The van der Waals surface area contributed by atoms with E-state index in [0.29, 0.717) is 11.1 Å². The number of nitrogens with zero attached hydrogens (tertiary/aromatic N) is 3. The molecule has 0 saturated carbocycles. The molecule has 0 radical (unpaired) electrons. The second kappa shape index (κ2) is 8.66. The molecule has 4 rings (SSSR count). The van der Waals surface area contributed by atoms with Gasteiger partial charge in [0, 0.05) is 24.1 Å². The highest BCUT2D eigenvalue weighted by Gasteiger charge is 2.45. The number of hydrogen-bond acceptors (Lipinski definition) is 7. The third kappa shape index (κ3) is 5.53. The zero-order valence-corrected chi connectivity index (χ0v) is 19.9. The van der Waals surface area contributed by atoms with Crippen molar-refractivity contribution < 1.29 is 36.9 Å². The van der Waals surface area contributed by atoms with Crippen LogP contribution >= 0.6 is 10.6 Å². The predicted octanol–water partition coefficient (Wildman–Crippen LogP) is 3.73. The Bertz CT molecular complexity index is 1280. The van der Waals surface area contributed by atoms with E-state index in [1.165, 1.54) is 12.3 Å². The summed E-state index contributed by atoms with van der Waals surface area (Å²) in [6.07, 6.45) is 1.28. The van der Waals surface area contributed by atoms with E-state index < -0.39 is 40.1 Å². The predicted molar refractivity (Wildman–Crippen MR) is 124 cm³/mol. The number of benzene rings is 1. The number of rotatable bonds is 7. The number of amides is 1. The van der Waals surface area contributed by atoms with E-state index in [2.05, 4.69) is 20.1 Å². The molecule has 0 bridgehead atoms. The molecule has 3 aromatic rings. The number of fused-ring (bicyclic) bond motifs is 1. The molecule has 13 heteroatoms. The number of aliphatic hydroxyl groups is 1. The second-order valence-electron chi connectivity index (χ2n) is 9.54. The number of ether oxygens (including phenoxy) is 1. The molecule has 0 atom stereocenters. The van der Waals surface area contributed by atoms with Crippen molar-refractivity contribution >= 4 is 27.5 Å². The third-order valence-corrected chi connectivity index (χ3v) is 7.55. The van der Waals surface area contributed by atoms with E-state index in [0.717, 1.165) is 22.9 Å². The normalized spacial score (nSPS) is 17.8. The minimum Gasteiger partial charge on any atom is -0.435 e. The zero-order chi connectivity index (χ0) is 25.8. The van der Waals surface area contributed by atoms with Gasteiger partial charge in [-0.05, 0) is 39.0 Å². The van der Waals surface area contributed by atoms with Gasteiger partial charge in [-0.2, -0.15) is 24.5 Å². The van der Waals surface area contributed by atoms with Gasteiger partial charge in [0.2, 0.25) is 0 Å². The molecular formula is C22H25F3N4O5S. The fourth-order valence-corrected chi connectivity index (χ4v) is 6.22. The van der Waals surface area contributed by atoms with Gasteiger partial charge in [0.25, 0.3) is 5.91 Å². The number of pyridine rings is 1. The highest BCUT2D eigenvalue weighted by molar-refractivity contribution is 8.25. The Morgan fingerprint density at radius 1 is 1.31 bits per heavy atom. The van der Waals surface area contributed by atoms with Gasteiger partial charge in [-0.1, -0.05) is 0 Å². The van der Waals surface area contributed by atoms with Gasteiger partial charge in [-0.15, -0.1) is 0 Å². The summed E-state index contributed by atoms with van der Waals surface area (Å²) in [5.41, 5.74) is -1.60. The van der Waals surface area contributed by atoms with Gasteiger partial charge in [-0.3, -0.25) is 13.9 Å². The molecule has 0 aliphatic carbocycles. The van der Waals surface area contributed by atoms with Gasteiger partial charge in [-0.25, -0.2) is 14.1 Å². The van der Waals surface area contributed by atoms with E-state index in [-0.39, 0.29) is 40.6 Å². The Morgan fingerprint density at radius 2 is 2.00 bits per heavy atom. The van der Waals surface area contributed by atoms with Crippen molar-refractivity contribution in [3.05, 3.63) is 47.5 Å². The first-order valence-electron chi connectivity index (χ1n) is 10.6. The van der Waals surface area contributed by atoms with E-state index in [9.17, 15) is 32.2 Å². The second-order valence-corrected chi connectivity index (χ2v) is 11.7. The average molecular weight is 515 g/mol. The summed E-state index contributed by atoms with van der Waals surface area (Å²) in [6, 6.07) is 4.56. The topological polar surface area (TPSA) is 130 Å². The highest BCUT2D eigenvalue weighted by Crippen LogP contribution is 2.53. The number of aromatic nitrogens is 3. The smallest absolute Gasteiger partial charge is 0.387 e. The number of carbonyl (C=O) groups is 1. The Balaban J connectivity index is 1.76. The highest BCUT2D eigenvalue weighted by atomic mass is 32.3. The third-order valence-electron chi connectivity index (χ3n) is 5.35. The molecule has 0 spiro atoms. The van der Waals surface area contributed by atoms with Crippen LogP contribution in [0.25, 0.3) is 16.7 Å². The Hall–Kier alpha value is -2.87. The molecule has 0 unspecified atom stereocenters. The van der Waals surface area contributed by atoms with Crippen LogP contribution < -0.4 is 10.1 Å². The number of alkyl halides is 2. The summed E-state index contributed by atoms with van der Waals surface area (Å²) < 4.78 is 64.8. The van der Waals surface area contributed by atoms with Crippen molar-refractivity contribution in [1.29, 1.82) is 0 Å². The standard InChI is InChI=1S/C22H25F3N4O5S/c1-21(2,31)8-16-14-6-12(19(30)27-22(3)10-35(32,33)11-22)9-26-18(14)29(28-16)17-7-13(34-20(24)25)4-5-15(17)23/h4-7,9,20,31-33H,8,10-11H2,1-3H3,(H,27,30). The quantitative estimate of drug-likeness (QED) is 0.378. The average Bonchev–Trinajstić information content (AvgIpc) is 3.03. The molecule has 190 valence electrons. The SMILES string of the molecule is CC(C)(O)Cc1nn(-c2cc(OC(F)F)ccc2F)c2ncc(C(=O)NC3(C)CS(O)(O)C3)cc12. The largest absolute Gasteiger partial charge is 0.435 e. The van der Waals surface area contributed by atoms with Crippen LogP contribution in [-0.2, 0) is 6.42 Å². The van der Waals surface area contributed by atoms with Crippen LogP contribution in [0.5, 0.6) is 5.75 Å². The molecule has 2 aromatic heterocycles. The number of hydrogen-bond donors (Lipinski definition) is 4. The summed E-state index contributed by atoms with van der Waals surface area (Å²) in [4.78, 5) is 17.1. The lowest BCUT2D eigenvalue weighted by molar-refractivity contribution is -0.0499. The van der Waals surface area contributed by atoms with Crippen LogP contribution in [0.2, 0.25) is 0 Å². The van der Waals surface area contributed by atoms with Crippen LogP contribution in [0.3, 0.4) is 0 Å². The molecule has 3 heterocycles. The van der Waals surface area contributed by atoms with Crippen molar-refractivity contribution in [3.63, 3.8) is 0 Å². The lowest BCUT2D eigenvalue weighted by Gasteiger charge is -2.54. The van der Waals surface area contributed by atoms with Gasteiger partial charge in [0.1, 0.15) is 17.3 Å². The Labute approximate surface area is 200 Å². The lowest BCUT2D eigenvalue weighted by atomic mass is 10.0. The molecule has 35 heavy (non-hydrogen) atoms. The Kier molecular flexibility index (Phi) is 6.24. The van der Waals surface area contributed by atoms with Crippen LogP contribution in [0.15, 0.2) is 30.5 Å². The Morgan fingerprint density at radius 3 is 2.60 bits per heavy atom. The molecule has 4 N–H and O–H groups in total. The minimum absolute atomic E-state index is 0.0245. The van der Waals surface area contributed by atoms with Gasteiger partial charge < -0.3 is 15.2 Å². The number of halogens is 3. The van der Waals surface area contributed by atoms with Crippen molar-refractivity contribution in [3.8, 4) is 11.4 Å². The summed E-state index contributed by atoms with van der Waals surface area (Å²) in [5.74, 6) is -1.47. The van der Waals surface area contributed by atoms with Crippen molar-refractivity contribution in [2.75, 3.05) is 11.5 Å². The summed E-state index contributed by atoms with van der Waals surface area (Å²) >= 11 is 0. The monoisotopic (exact) mass is 514 g/mol. The first kappa shape index (κ1) is 25.2. The molecular weight excluding hydrogens is 489 g/mol. The molecule has 1 aromatic carbocycles. The van der Waals surface area contributed by atoms with Gasteiger partial charge in [0.15, 0.2) is 5.65 Å². The van der Waals surface area contributed by atoms with E-state index in [4.69, 9.17) is 0 Å². The maximum Gasteiger partial charge on any atom is 0.387 e. The molecule has 1 fully saturated rings. The van der Waals surface area contributed by atoms with E-state index in [1.807, 2.05) is 0 Å². The maximum absolute atomic E-state index is 14.7. The fourth-order valence-electron chi connectivity index (χ4n) is 4.12. The van der Waals surface area contributed by atoms with E-state index in [1.54, 1.807) is 20.8 Å². The van der Waals surface area contributed by atoms with Crippen LogP contribution in [0, 0.1) is 5.82 Å². The van der Waals surface area contributed by atoms with Gasteiger partial charge in [0.05, 0.1) is 33.9 Å². The fraction of sp³-hybridized carbons (Fsp3) is 0.409. The molecule has 1 saturated heterocycles. The zero-order valence-electron chi connectivity index (χ0n) is 19.1. The van der Waals surface area contributed by atoms with Crippen LogP contribution in [-0.4, -0.2) is 64.1 Å². The van der Waals surface area contributed by atoms with Crippen LogP contribution in [0.1, 0.15) is 36.8 Å². The number of carbonyl (C=O) groups excluding carboxylic acids is 1. The first-order chi connectivity index (χ1) is 16.1. The van der Waals surface area contributed by atoms with Crippen molar-refractivity contribution in [1.82, 2.24) is 20.1 Å². The maximum atomic E-state index is 14.7. The lowest BCUT2D eigenvalue weighted by Crippen LogP contribution is -2.61. The van der Waals surface area contributed by atoms with Crippen molar-refractivity contribution in [2.45, 2.75) is 44.9 Å². The summed E-state index contributed by atoms with van der Waals surface area (Å²) in [6.45, 7) is 1.70.